The monoisotopic (exact) mass is 328 g/mol. The van der Waals surface area contributed by atoms with E-state index in [4.69, 9.17) is 23.2 Å². The Morgan fingerprint density at radius 1 is 1.43 bits per heavy atom. The molecule has 2 amide bonds. The summed E-state index contributed by atoms with van der Waals surface area (Å²) >= 11 is 11.8. The van der Waals surface area contributed by atoms with Crippen molar-refractivity contribution in [2.75, 3.05) is 13.1 Å². The van der Waals surface area contributed by atoms with Crippen LogP contribution < -0.4 is 5.32 Å². The summed E-state index contributed by atoms with van der Waals surface area (Å²) in [5.41, 5.74) is 0.395. The Labute approximate surface area is 134 Å². The molecule has 0 aliphatic carbocycles. The second-order valence-electron chi connectivity index (χ2n) is 5.54. The highest BCUT2D eigenvalue weighted by Gasteiger charge is 2.31. The van der Waals surface area contributed by atoms with Gasteiger partial charge in [-0.1, -0.05) is 23.2 Å². The fourth-order valence-corrected chi connectivity index (χ4v) is 2.94. The molecule has 1 aliphatic heterocycles. The van der Waals surface area contributed by atoms with E-state index >= 15 is 0 Å². The smallest absolute Gasteiger partial charge is 0.252 e. The maximum atomic E-state index is 12.1. The fourth-order valence-electron chi connectivity index (χ4n) is 2.45. The third kappa shape index (κ3) is 3.89. The number of nitrogens with zero attached hydrogens (tertiary/aromatic N) is 1. The van der Waals surface area contributed by atoms with Crippen LogP contribution in [0.2, 0.25) is 10.0 Å². The van der Waals surface area contributed by atoms with E-state index in [1.54, 1.807) is 12.1 Å². The molecule has 1 aliphatic rings. The molecule has 1 fully saturated rings. The summed E-state index contributed by atoms with van der Waals surface area (Å²) in [6, 6.07) is 4.96. The molecule has 1 heterocycles. The Morgan fingerprint density at radius 3 is 2.71 bits per heavy atom. The zero-order chi connectivity index (χ0) is 15.6. The van der Waals surface area contributed by atoms with E-state index in [-0.39, 0.29) is 23.8 Å². The van der Waals surface area contributed by atoms with Crippen LogP contribution in [0.4, 0.5) is 0 Å². The number of likely N-dealkylation sites (tertiary alicyclic amines) is 1. The van der Waals surface area contributed by atoms with Gasteiger partial charge in [-0.2, -0.15) is 0 Å². The van der Waals surface area contributed by atoms with Crippen molar-refractivity contribution < 1.29 is 9.59 Å². The highest BCUT2D eigenvalue weighted by molar-refractivity contribution is 6.36. The summed E-state index contributed by atoms with van der Waals surface area (Å²) in [4.78, 5) is 25.7. The first-order valence-electron chi connectivity index (χ1n) is 6.91. The van der Waals surface area contributed by atoms with Crippen molar-refractivity contribution in [2.45, 2.75) is 26.3 Å². The maximum Gasteiger partial charge on any atom is 0.252 e. The lowest BCUT2D eigenvalue weighted by Gasteiger charge is -2.21. The number of benzene rings is 1. The molecule has 6 heteroatoms. The van der Waals surface area contributed by atoms with Gasteiger partial charge in [-0.15, -0.1) is 0 Å². The van der Waals surface area contributed by atoms with Crippen molar-refractivity contribution in [3.8, 4) is 0 Å². The molecule has 0 saturated carbocycles. The van der Waals surface area contributed by atoms with E-state index in [0.29, 0.717) is 35.1 Å². The summed E-state index contributed by atoms with van der Waals surface area (Å²) in [6.07, 6.45) is 0.479. The third-order valence-electron chi connectivity index (χ3n) is 3.59. The minimum atomic E-state index is -0.243. The Balaban J connectivity index is 1.92. The van der Waals surface area contributed by atoms with Gasteiger partial charge in [0.1, 0.15) is 0 Å². The maximum absolute atomic E-state index is 12.1. The Bertz CT molecular complexity index is 561. The van der Waals surface area contributed by atoms with Crippen LogP contribution in [0.1, 0.15) is 30.6 Å². The molecule has 1 aromatic carbocycles. The van der Waals surface area contributed by atoms with E-state index in [9.17, 15) is 9.59 Å². The largest absolute Gasteiger partial charge is 0.352 e. The van der Waals surface area contributed by atoms with Crippen LogP contribution in [0.15, 0.2) is 18.2 Å². The molecule has 2 rings (SSSR count). The number of hydrogen-bond acceptors (Lipinski definition) is 2. The summed E-state index contributed by atoms with van der Waals surface area (Å²) in [6.45, 7) is 5.14. The van der Waals surface area contributed by atoms with E-state index in [2.05, 4.69) is 5.32 Å². The van der Waals surface area contributed by atoms with Crippen molar-refractivity contribution in [3.63, 3.8) is 0 Å². The number of rotatable bonds is 4. The van der Waals surface area contributed by atoms with Gasteiger partial charge in [-0.05, 0) is 32.0 Å². The number of carbonyl (C=O) groups excluding carboxylic acids is 2. The molecule has 0 radical (unpaired) electrons. The van der Waals surface area contributed by atoms with Crippen LogP contribution in [-0.2, 0) is 4.79 Å². The van der Waals surface area contributed by atoms with Crippen molar-refractivity contribution >= 4 is 35.0 Å². The number of halogens is 2. The molecule has 1 atom stereocenters. The Morgan fingerprint density at radius 2 is 2.14 bits per heavy atom. The lowest BCUT2D eigenvalue weighted by atomic mass is 10.1. The zero-order valence-corrected chi connectivity index (χ0v) is 13.5. The predicted molar refractivity (Wildman–Crippen MR) is 83.8 cm³/mol. The molecule has 21 heavy (non-hydrogen) atoms. The van der Waals surface area contributed by atoms with Crippen LogP contribution in [0, 0.1) is 5.92 Å². The first-order valence-corrected chi connectivity index (χ1v) is 7.66. The summed E-state index contributed by atoms with van der Waals surface area (Å²) in [5.74, 6) is 0.0517. The standard InChI is InChI=1S/C15H18Cl2N2O2/c1-9(2)19-8-10(5-14(19)20)7-18-15(21)12-4-3-11(16)6-13(12)17/h3-4,6,9-10H,5,7-8H2,1-2H3,(H,18,21). The molecule has 0 bridgehead atoms. The van der Waals surface area contributed by atoms with Crippen LogP contribution in [0.5, 0.6) is 0 Å². The zero-order valence-electron chi connectivity index (χ0n) is 12.0. The van der Waals surface area contributed by atoms with Gasteiger partial charge in [0.15, 0.2) is 0 Å². The highest BCUT2D eigenvalue weighted by Crippen LogP contribution is 2.22. The molecule has 114 valence electrons. The third-order valence-corrected chi connectivity index (χ3v) is 4.14. The van der Waals surface area contributed by atoms with Gasteiger partial charge in [0.25, 0.3) is 5.91 Å². The predicted octanol–water partition coefficient (Wildman–Crippen LogP) is 2.98. The second-order valence-corrected chi connectivity index (χ2v) is 6.39. The number of hydrogen-bond donors (Lipinski definition) is 1. The lowest BCUT2D eigenvalue weighted by molar-refractivity contribution is -0.129. The Kier molecular flexibility index (Phi) is 5.12. The molecule has 4 nitrogen and oxygen atoms in total. The van der Waals surface area contributed by atoms with Crippen LogP contribution in [0.3, 0.4) is 0 Å². The number of nitrogens with one attached hydrogen (secondary N) is 1. The van der Waals surface area contributed by atoms with Crippen molar-refractivity contribution in [1.82, 2.24) is 10.2 Å². The quantitative estimate of drug-likeness (QED) is 0.923. The summed E-state index contributed by atoms with van der Waals surface area (Å²) in [7, 11) is 0. The summed E-state index contributed by atoms with van der Waals surface area (Å²) < 4.78 is 0. The van der Waals surface area contributed by atoms with Crippen molar-refractivity contribution in [3.05, 3.63) is 33.8 Å². The molecule has 0 aromatic heterocycles. The summed E-state index contributed by atoms with van der Waals surface area (Å²) in [5, 5.41) is 3.65. The molecular weight excluding hydrogens is 311 g/mol. The molecular formula is C15H18Cl2N2O2. The van der Waals surface area contributed by atoms with Gasteiger partial charge in [-0.3, -0.25) is 9.59 Å². The van der Waals surface area contributed by atoms with E-state index in [0.717, 1.165) is 0 Å². The first-order chi connectivity index (χ1) is 9.88. The van der Waals surface area contributed by atoms with Crippen LogP contribution in [-0.4, -0.2) is 35.8 Å². The van der Waals surface area contributed by atoms with Crippen molar-refractivity contribution in [2.24, 2.45) is 5.92 Å². The molecule has 0 spiro atoms. The molecule has 1 N–H and O–H groups in total. The molecule has 1 saturated heterocycles. The fraction of sp³-hybridized carbons (Fsp3) is 0.467. The van der Waals surface area contributed by atoms with E-state index < -0.39 is 0 Å². The SMILES string of the molecule is CC(C)N1CC(CNC(=O)c2ccc(Cl)cc2Cl)CC1=O. The van der Waals surface area contributed by atoms with Crippen molar-refractivity contribution in [1.29, 1.82) is 0 Å². The topological polar surface area (TPSA) is 49.4 Å². The molecule has 1 aromatic rings. The van der Waals surface area contributed by atoms with Gasteiger partial charge < -0.3 is 10.2 Å². The van der Waals surface area contributed by atoms with Gasteiger partial charge in [0.2, 0.25) is 5.91 Å². The number of carbonyl (C=O) groups is 2. The minimum absolute atomic E-state index is 0.147. The Hall–Kier alpha value is -1.26. The molecule has 1 unspecified atom stereocenters. The van der Waals surface area contributed by atoms with E-state index in [1.807, 2.05) is 18.7 Å². The highest BCUT2D eigenvalue weighted by atomic mass is 35.5. The average Bonchev–Trinajstić information content (AvgIpc) is 2.77. The van der Waals surface area contributed by atoms with Gasteiger partial charge in [0.05, 0.1) is 10.6 Å². The lowest BCUT2D eigenvalue weighted by Crippen LogP contribution is -2.34. The van der Waals surface area contributed by atoms with E-state index in [1.165, 1.54) is 6.07 Å². The second kappa shape index (κ2) is 6.67. The number of amides is 2. The normalized spacial score (nSPS) is 18.4. The van der Waals surface area contributed by atoms with Crippen LogP contribution in [0.25, 0.3) is 0 Å². The first kappa shape index (κ1) is 16.1. The van der Waals surface area contributed by atoms with Gasteiger partial charge in [0, 0.05) is 36.5 Å². The van der Waals surface area contributed by atoms with Gasteiger partial charge in [-0.25, -0.2) is 0 Å². The average molecular weight is 329 g/mol. The van der Waals surface area contributed by atoms with Crippen LogP contribution >= 0.6 is 23.2 Å². The van der Waals surface area contributed by atoms with Gasteiger partial charge >= 0.3 is 0 Å². The minimum Gasteiger partial charge on any atom is -0.352 e.